The lowest BCUT2D eigenvalue weighted by atomic mass is 10.0. The van der Waals surface area contributed by atoms with Crippen molar-refractivity contribution in [1.82, 2.24) is 14.9 Å². The fourth-order valence-corrected chi connectivity index (χ4v) is 3.34. The highest BCUT2D eigenvalue weighted by Crippen LogP contribution is 2.22. The van der Waals surface area contributed by atoms with E-state index in [9.17, 15) is 0 Å². The average molecular weight is 342 g/mol. The van der Waals surface area contributed by atoms with Gasteiger partial charge in [0.2, 0.25) is 5.28 Å². The average Bonchev–Trinajstić information content (AvgIpc) is 2.62. The summed E-state index contributed by atoms with van der Waals surface area (Å²) in [5, 5.41) is 9.31. The molecule has 0 spiro atoms. The molecule has 1 fully saturated rings. The van der Waals surface area contributed by atoms with Crippen LogP contribution in [0.15, 0.2) is 36.5 Å². The Labute approximate surface area is 147 Å². The van der Waals surface area contributed by atoms with Gasteiger partial charge >= 0.3 is 0 Å². The monoisotopic (exact) mass is 341 g/mol. The molecule has 6 heteroatoms. The predicted octanol–water partition coefficient (Wildman–Crippen LogP) is 3.10. The van der Waals surface area contributed by atoms with Crippen molar-refractivity contribution >= 4 is 17.4 Å². The van der Waals surface area contributed by atoms with Crippen molar-refractivity contribution in [2.75, 3.05) is 25.0 Å². The van der Waals surface area contributed by atoms with Crippen LogP contribution in [-0.4, -0.2) is 41.0 Å². The third-order valence-electron chi connectivity index (χ3n) is 4.51. The molecule has 124 valence electrons. The predicted molar refractivity (Wildman–Crippen MR) is 94.9 cm³/mol. The quantitative estimate of drug-likeness (QED) is 0.800. The van der Waals surface area contributed by atoms with Crippen LogP contribution >= 0.6 is 11.6 Å². The van der Waals surface area contributed by atoms with Crippen LogP contribution in [0.25, 0.3) is 0 Å². The Bertz CT molecular complexity index is 734. The fraction of sp³-hybridized carbons (Fsp3) is 0.389. The normalized spacial score (nSPS) is 15.5. The van der Waals surface area contributed by atoms with Gasteiger partial charge in [-0.15, -0.1) is 0 Å². The molecule has 0 unspecified atom stereocenters. The summed E-state index contributed by atoms with van der Waals surface area (Å²) in [4.78, 5) is 12.9. The van der Waals surface area contributed by atoms with E-state index >= 15 is 0 Å². The molecule has 1 aliphatic heterocycles. The van der Waals surface area contributed by atoms with E-state index in [1.165, 1.54) is 5.56 Å². The SMILES string of the molecule is CN(Cc1cccc(C#N)c1)C1CCN(c2ccnc(Cl)n2)CC1. The number of hydrogen-bond acceptors (Lipinski definition) is 5. The Morgan fingerprint density at radius 1 is 1.33 bits per heavy atom. The van der Waals surface area contributed by atoms with Crippen molar-refractivity contribution in [1.29, 1.82) is 5.26 Å². The smallest absolute Gasteiger partial charge is 0.224 e. The molecular formula is C18H20ClN5. The molecule has 0 N–H and O–H groups in total. The summed E-state index contributed by atoms with van der Waals surface area (Å²) in [5.74, 6) is 0.901. The second-order valence-electron chi connectivity index (χ2n) is 6.13. The van der Waals surface area contributed by atoms with E-state index in [1.54, 1.807) is 6.20 Å². The number of rotatable bonds is 4. The molecule has 0 amide bonds. The number of benzene rings is 1. The first-order valence-electron chi connectivity index (χ1n) is 8.08. The minimum atomic E-state index is 0.295. The number of nitrogens with zero attached hydrogens (tertiary/aromatic N) is 5. The van der Waals surface area contributed by atoms with Gasteiger partial charge in [-0.1, -0.05) is 12.1 Å². The Hall–Kier alpha value is -2.16. The van der Waals surface area contributed by atoms with E-state index < -0.39 is 0 Å². The van der Waals surface area contributed by atoms with Crippen LogP contribution in [-0.2, 0) is 6.54 Å². The Kier molecular flexibility index (Phi) is 5.29. The van der Waals surface area contributed by atoms with Crippen molar-refractivity contribution in [3.8, 4) is 6.07 Å². The van der Waals surface area contributed by atoms with E-state index in [1.807, 2.05) is 24.3 Å². The van der Waals surface area contributed by atoms with Crippen molar-refractivity contribution in [3.05, 3.63) is 52.9 Å². The van der Waals surface area contributed by atoms with Crippen LogP contribution < -0.4 is 4.90 Å². The molecule has 2 heterocycles. The second kappa shape index (κ2) is 7.61. The maximum atomic E-state index is 9.01. The van der Waals surface area contributed by atoms with Crippen LogP contribution in [0.5, 0.6) is 0 Å². The van der Waals surface area contributed by atoms with Crippen molar-refractivity contribution in [3.63, 3.8) is 0 Å². The second-order valence-corrected chi connectivity index (χ2v) is 6.47. The third kappa shape index (κ3) is 4.02. The molecular weight excluding hydrogens is 322 g/mol. The lowest BCUT2D eigenvalue weighted by molar-refractivity contribution is 0.200. The molecule has 3 rings (SSSR count). The molecule has 2 aromatic rings. The molecule has 24 heavy (non-hydrogen) atoms. The van der Waals surface area contributed by atoms with Crippen LogP contribution in [0.1, 0.15) is 24.0 Å². The number of piperidine rings is 1. The molecule has 0 atom stereocenters. The molecule has 0 bridgehead atoms. The van der Waals surface area contributed by atoms with E-state index in [-0.39, 0.29) is 0 Å². The van der Waals surface area contributed by atoms with Crippen LogP contribution in [0.3, 0.4) is 0 Å². The van der Waals surface area contributed by atoms with Gasteiger partial charge in [0.05, 0.1) is 11.6 Å². The van der Waals surface area contributed by atoms with E-state index in [0.29, 0.717) is 11.3 Å². The summed E-state index contributed by atoms with van der Waals surface area (Å²) < 4.78 is 0. The van der Waals surface area contributed by atoms with Gasteiger partial charge in [0.15, 0.2) is 0 Å². The van der Waals surface area contributed by atoms with Gasteiger partial charge in [-0.05, 0) is 55.3 Å². The molecule has 5 nitrogen and oxygen atoms in total. The Morgan fingerprint density at radius 2 is 2.12 bits per heavy atom. The standard InChI is InChI=1S/C18H20ClN5/c1-23(13-15-4-2-3-14(11-15)12-20)16-6-9-24(10-7-16)17-5-8-21-18(19)22-17/h2-5,8,11,16H,6-7,9-10,13H2,1H3. The summed E-state index contributed by atoms with van der Waals surface area (Å²) in [6, 6.07) is 12.5. The van der Waals surface area contributed by atoms with Crippen molar-refractivity contribution < 1.29 is 0 Å². The zero-order valence-electron chi connectivity index (χ0n) is 13.7. The van der Waals surface area contributed by atoms with Crippen LogP contribution in [0.2, 0.25) is 5.28 Å². The summed E-state index contributed by atoms with van der Waals surface area (Å²) in [7, 11) is 2.15. The number of nitriles is 1. The number of aromatic nitrogens is 2. The van der Waals surface area contributed by atoms with Gasteiger partial charge in [0.1, 0.15) is 5.82 Å². The van der Waals surface area contributed by atoms with E-state index in [2.05, 4.69) is 39.0 Å². The van der Waals surface area contributed by atoms with Crippen molar-refractivity contribution in [2.45, 2.75) is 25.4 Å². The summed E-state index contributed by atoms with van der Waals surface area (Å²) in [6.45, 7) is 2.78. The lowest BCUT2D eigenvalue weighted by Gasteiger charge is -2.37. The molecule has 1 saturated heterocycles. The largest absolute Gasteiger partial charge is 0.356 e. The molecule has 0 aliphatic carbocycles. The van der Waals surface area contributed by atoms with E-state index in [0.717, 1.165) is 43.9 Å². The molecule has 1 aromatic heterocycles. The maximum Gasteiger partial charge on any atom is 0.224 e. The Balaban J connectivity index is 1.57. The minimum absolute atomic E-state index is 0.295. The van der Waals surface area contributed by atoms with Crippen LogP contribution in [0.4, 0.5) is 5.82 Å². The summed E-state index contributed by atoms with van der Waals surface area (Å²) >= 11 is 5.88. The zero-order chi connectivity index (χ0) is 16.9. The highest BCUT2D eigenvalue weighted by Gasteiger charge is 2.23. The first-order chi connectivity index (χ1) is 11.7. The molecule has 0 radical (unpaired) electrons. The summed E-state index contributed by atoms with van der Waals surface area (Å²) in [5.41, 5.74) is 1.90. The number of anilines is 1. The number of halogens is 1. The zero-order valence-corrected chi connectivity index (χ0v) is 14.4. The molecule has 1 aromatic carbocycles. The summed E-state index contributed by atoms with van der Waals surface area (Å²) in [6.07, 6.45) is 3.86. The van der Waals surface area contributed by atoms with Gasteiger partial charge in [-0.25, -0.2) is 9.97 Å². The highest BCUT2D eigenvalue weighted by atomic mass is 35.5. The first-order valence-corrected chi connectivity index (χ1v) is 8.46. The van der Waals surface area contributed by atoms with Gasteiger partial charge in [0.25, 0.3) is 0 Å². The molecule has 1 aliphatic rings. The number of hydrogen-bond donors (Lipinski definition) is 0. The van der Waals surface area contributed by atoms with Gasteiger partial charge in [-0.2, -0.15) is 5.26 Å². The van der Waals surface area contributed by atoms with Crippen LogP contribution in [0, 0.1) is 11.3 Å². The van der Waals surface area contributed by atoms with Crippen molar-refractivity contribution in [2.24, 2.45) is 0 Å². The first kappa shape index (κ1) is 16.7. The lowest BCUT2D eigenvalue weighted by Crippen LogP contribution is -2.43. The maximum absolute atomic E-state index is 9.01. The van der Waals surface area contributed by atoms with Gasteiger partial charge in [0, 0.05) is 31.9 Å². The minimum Gasteiger partial charge on any atom is -0.356 e. The third-order valence-corrected chi connectivity index (χ3v) is 4.69. The fourth-order valence-electron chi connectivity index (χ4n) is 3.19. The van der Waals surface area contributed by atoms with Gasteiger partial charge in [-0.3, -0.25) is 4.90 Å². The molecule has 0 saturated carbocycles. The Morgan fingerprint density at radius 3 is 2.83 bits per heavy atom. The topological polar surface area (TPSA) is 56.1 Å². The van der Waals surface area contributed by atoms with Gasteiger partial charge < -0.3 is 4.90 Å². The highest BCUT2D eigenvalue weighted by molar-refractivity contribution is 6.28. The van der Waals surface area contributed by atoms with E-state index in [4.69, 9.17) is 16.9 Å².